The molecule has 26 heavy (non-hydrogen) atoms. The average Bonchev–Trinajstić information content (AvgIpc) is 3.32. The molecule has 3 N–H and O–H groups in total. The van der Waals surface area contributed by atoms with Gasteiger partial charge < -0.3 is 19.5 Å². The third-order valence-electron chi connectivity index (χ3n) is 3.85. The molecule has 0 radical (unpaired) electrons. The summed E-state index contributed by atoms with van der Waals surface area (Å²) >= 11 is 5.10. The lowest BCUT2D eigenvalue weighted by Gasteiger charge is -2.16. The zero-order valence-corrected chi connectivity index (χ0v) is 14.8. The van der Waals surface area contributed by atoms with E-state index in [0.717, 1.165) is 13.1 Å². The second kappa shape index (κ2) is 8.34. The van der Waals surface area contributed by atoms with E-state index >= 15 is 0 Å². The number of hydrazine groups is 1. The fourth-order valence-corrected chi connectivity index (χ4v) is 2.85. The highest BCUT2D eigenvalue weighted by molar-refractivity contribution is 7.80. The van der Waals surface area contributed by atoms with Gasteiger partial charge in [-0.05, 0) is 36.5 Å². The van der Waals surface area contributed by atoms with E-state index in [9.17, 15) is 9.59 Å². The molecule has 2 aromatic rings. The molecule has 1 fully saturated rings. The van der Waals surface area contributed by atoms with Gasteiger partial charge in [-0.2, -0.15) is 0 Å². The lowest BCUT2D eigenvalue weighted by Crippen LogP contribution is -2.43. The highest BCUT2D eigenvalue weighted by Gasteiger charge is 2.16. The fourth-order valence-electron chi connectivity index (χ4n) is 2.57. The van der Waals surface area contributed by atoms with Gasteiger partial charge in [0.1, 0.15) is 6.61 Å². The van der Waals surface area contributed by atoms with Gasteiger partial charge in [0, 0.05) is 25.5 Å². The van der Waals surface area contributed by atoms with Crippen LogP contribution in [0.3, 0.4) is 0 Å². The first kappa shape index (κ1) is 17.7. The molecule has 1 saturated heterocycles. The quantitative estimate of drug-likeness (QED) is 0.536. The van der Waals surface area contributed by atoms with Crippen LogP contribution >= 0.6 is 12.2 Å². The van der Waals surface area contributed by atoms with Gasteiger partial charge in [0.2, 0.25) is 0 Å². The number of ether oxygens (including phenoxy) is 1. The van der Waals surface area contributed by atoms with Crippen LogP contribution in [0.1, 0.15) is 10.4 Å². The standard InChI is InChI=1S/C17H19N5O3S/c23-15(13-5-1-2-6-14(13)21-8-3-4-9-21)19-20-17(24)25-12-11-22-10-7-18-16(22)26/h1-6,8-9H,7,10-12H2,(H,18,26)(H,19,23)(H,20,24). The van der Waals surface area contributed by atoms with E-state index in [1.54, 1.807) is 12.1 Å². The molecule has 0 unspecified atom stereocenters. The molecule has 0 atom stereocenters. The molecule has 0 saturated carbocycles. The highest BCUT2D eigenvalue weighted by Crippen LogP contribution is 2.14. The molecule has 136 valence electrons. The van der Waals surface area contributed by atoms with Crippen LogP contribution in [-0.2, 0) is 4.74 Å². The molecule has 9 heteroatoms. The molecular formula is C17H19N5O3S. The van der Waals surface area contributed by atoms with Crippen molar-refractivity contribution < 1.29 is 14.3 Å². The molecule has 1 aromatic heterocycles. The minimum atomic E-state index is -0.727. The molecule has 3 rings (SSSR count). The summed E-state index contributed by atoms with van der Waals surface area (Å²) in [6.45, 7) is 2.26. The topological polar surface area (TPSA) is 87.6 Å². The molecule has 1 aromatic carbocycles. The third-order valence-corrected chi connectivity index (χ3v) is 4.25. The number of thiocarbonyl (C=S) groups is 1. The van der Waals surface area contributed by atoms with Crippen molar-refractivity contribution in [2.75, 3.05) is 26.2 Å². The molecule has 1 aliphatic rings. The first-order valence-corrected chi connectivity index (χ1v) is 8.54. The Balaban J connectivity index is 1.48. The number of hydrogen-bond donors (Lipinski definition) is 3. The fraction of sp³-hybridized carbons (Fsp3) is 0.235. The molecule has 2 amide bonds. The molecule has 0 spiro atoms. The number of hydrogen-bond acceptors (Lipinski definition) is 4. The minimum Gasteiger partial charge on any atom is -0.446 e. The third kappa shape index (κ3) is 4.31. The second-order valence-corrected chi connectivity index (χ2v) is 5.93. The number of para-hydroxylation sites is 1. The minimum absolute atomic E-state index is 0.170. The normalized spacial score (nSPS) is 13.2. The Morgan fingerprint density at radius 3 is 2.65 bits per heavy atom. The predicted octanol–water partition coefficient (Wildman–Crippen LogP) is 1.04. The van der Waals surface area contributed by atoms with Gasteiger partial charge in [-0.3, -0.25) is 10.2 Å². The van der Waals surface area contributed by atoms with Crippen LogP contribution in [0, 0.1) is 0 Å². The van der Waals surface area contributed by atoms with Crippen molar-refractivity contribution in [2.45, 2.75) is 0 Å². The van der Waals surface area contributed by atoms with Gasteiger partial charge in [0.15, 0.2) is 5.11 Å². The van der Waals surface area contributed by atoms with E-state index in [2.05, 4.69) is 16.2 Å². The Kier molecular flexibility index (Phi) is 5.69. The van der Waals surface area contributed by atoms with E-state index in [0.29, 0.717) is 22.9 Å². The summed E-state index contributed by atoms with van der Waals surface area (Å²) in [7, 11) is 0. The summed E-state index contributed by atoms with van der Waals surface area (Å²) in [6, 6.07) is 10.8. The van der Waals surface area contributed by atoms with E-state index in [-0.39, 0.29) is 6.61 Å². The number of carbonyl (C=O) groups is 2. The SMILES string of the molecule is O=C(NNC(=O)c1ccccc1-n1cccc1)OCCN1CCNC1=S. The average molecular weight is 373 g/mol. The van der Waals surface area contributed by atoms with Gasteiger partial charge in [-0.15, -0.1) is 0 Å². The number of rotatable bonds is 5. The Bertz CT molecular complexity index is 793. The summed E-state index contributed by atoms with van der Waals surface area (Å²) in [6.07, 6.45) is 2.95. The lowest BCUT2D eigenvalue weighted by molar-refractivity contribution is 0.0906. The molecule has 8 nitrogen and oxygen atoms in total. The zero-order chi connectivity index (χ0) is 18.4. The first-order valence-electron chi connectivity index (χ1n) is 8.13. The maximum atomic E-state index is 12.4. The summed E-state index contributed by atoms with van der Waals surface area (Å²) in [4.78, 5) is 26.0. The van der Waals surface area contributed by atoms with Gasteiger partial charge in [0.05, 0.1) is 17.8 Å². The highest BCUT2D eigenvalue weighted by atomic mass is 32.1. The molecule has 1 aliphatic heterocycles. The Hall–Kier alpha value is -3.07. The van der Waals surface area contributed by atoms with Crippen LogP contribution in [0.15, 0.2) is 48.8 Å². The van der Waals surface area contributed by atoms with Gasteiger partial charge >= 0.3 is 6.09 Å². The van der Waals surface area contributed by atoms with Crippen molar-refractivity contribution >= 4 is 29.3 Å². The maximum Gasteiger partial charge on any atom is 0.426 e. The van der Waals surface area contributed by atoms with Gasteiger partial charge in [0.25, 0.3) is 5.91 Å². The predicted molar refractivity (Wildman–Crippen MR) is 99.9 cm³/mol. The molecule has 0 aliphatic carbocycles. The number of amides is 2. The van der Waals surface area contributed by atoms with Crippen molar-refractivity contribution in [3.63, 3.8) is 0 Å². The number of aromatic nitrogens is 1. The van der Waals surface area contributed by atoms with E-state index < -0.39 is 12.0 Å². The van der Waals surface area contributed by atoms with E-state index in [1.807, 2.05) is 46.1 Å². The summed E-state index contributed by atoms with van der Waals surface area (Å²) in [5.41, 5.74) is 5.75. The number of benzene rings is 1. The van der Waals surface area contributed by atoms with Gasteiger partial charge in [-0.25, -0.2) is 10.2 Å². The van der Waals surface area contributed by atoms with Crippen LogP contribution in [0.4, 0.5) is 4.79 Å². The smallest absolute Gasteiger partial charge is 0.426 e. The Labute approximate surface area is 156 Å². The van der Waals surface area contributed by atoms with E-state index in [4.69, 9.17) is 17.0 Å². The van der Waals surface area contributed by atoms with Crippen LogP contribution in [0.5, 0.6) is 0 Å². The summed E-state index contributed by atoms with van der Waals surface area (Å²) < 4.78 is 6.86. The van der Waals surface area contributed by atoms with E-state index in [1.165, 1.54) is 0 Å². The lowest BCUT2D eigenvalue weighted by atomic mass is 10.1. The number of nitrogens with one attached hydrogen (secondary N) is 3. The Morgan fingerprint density at radius 1 is 1.15 bits per heavy atom. The second-order valence-electron chi connectivity index (χ2n) is 5.54. The number of nitrogens with zero attached hydrogens (tertiary/aromatic N) is 2. The summed E-state index contributed by atoms with van der Waals surface area (Å²) in [5.74, 6) is -0.434. The first-order chi connectivity index (χ1) is 12.6. The largest absolute Gasteiger partial charge is 0.446 e. The van der Waals surface area contributed by atoms with Crippen LogP contribution in [0.25, 0.3) is 5.69 Å². The van der Waals surface area contributed by atoms with Crippen molar-refractivity contribution in [3.8, 4) is 5.69 Å². The molecular weight excluding hydrogens is 354 g/mol. The van der Waals surface area contributed by atoms with Crippen LogP contribution < -0.4 is 16.2 Å². The van der Waals surface area contributed by atoms with Crippen molar-refractivity contribution in [1.29, 1.82) is 0 Å². The van der Waals surface area contributed by atoms with Gasteiger partial charge in [-0.1, -0.05) is 12.1 Å². The Morgan fingerprint density at radius 2 is 1.92 bits per heavy atom. The van der Waals surface area contributed by atoms with Crippen molar-refractivity contribution in [2.24, 2.45) is 0 Å². The molecule has 2 heterocycles. The number of carbonyl (C=O) groups excluding carboxylic acids is 2. The van der Waals surface area contributed by atoms with Crippen LogP contribution in [-0.4, -0.2) is 52.8 Å². The molecule has 0 bridgehead atoms. The monoisotopic (exact) mass is 373 g/mol. The van der Waals surface area contributed by atoms with Crippen molar-refractivity contribution in [1.82, 2.24) is 25.6 Å². The summed E-state index contributed by atoms with van der Waals surface area (Å²) in [5, 5.41) is 3.68. The van der Waals surface area contributed by atoms with Crippen molar-refractivity contribution in [3.05, 3.63) is 54.4 Å². The van der Waals surface area contributed by atoms with Crippen LogP contribution in [0.2, 0.25) is 0 Å². The maximum absolute atomic E-state index is 12.4. The zero-order valence-electron chi connectivity index (χ0n) is 14.0.